The fourth-order valence-electron chi connectivity index (χ4n) is 1.90. The highest BCUT2D eigenvalue weighted by Gasteiger charge is 2.13. The van der Waals surface area contributed by atoms with Gasteiger partial charge in [0.15, 0.2) is 0 Å². The summed E-state index contributed by atoms with van der Waals surface area (Å²) in [5.74, 6) is 0.858. The van der Waals surface area contributed by atoms with E-state index in [1.54, 1.807) is 0 Å². The first kappa shape index (κ1) is 13.4. The normalized spacial score (nSPS) is 12.4. The summed E-state index contributed by atoms with van der Waals surface area (Å²) < 4.78 is 1.16. The highest BCUT2D eigenvalue weighted by atomic mass is 79.9. The lowest BCUT2D eigenvalue weighted by atomic mass is 9.91. The molecule has 88 valence electrons. The van der Waals surface area contributed by atoms with E-state index in [-0.39, 0.29) is 0 Å². The number of hydrogen-bond acceptors (Lipinski definition) is 1. The summed E-state index contributed by atoms with van der Waals surface area (Å²) in [5, 5.41) is 0. The Morgan fingerprint density at radius 3 is 2.56 bits per heavy atom. The third-order valence-corrected chi connectivity index (χ3v) is 3.73. The molecule has 0 fully saturated rings. The molecule has 1 atom stereocenters. The lowest BCUT2D eigenvalue weighted by Crippen LogP contribution is -2.03. The van der Waals surface area contributed by atoms with Crippen LogP contribution in [0.2, 0.25) is 0 Å². The first-order valence-corrected chi connectivity index (χ1v) is 6.74. The molecule has 1 nitrogen and oxygen atoms in total. The van der Waals surface area contributed by atoms with Crippen LogP contribution in [0.1, 0.15) is 51.0 Å². The largest absolute Gasteiger partial charge is 0.300 e. The van der Waals surface area contributed by atoms with Gasteiger partial charge in [-0.1, -0.05) is 48.0 Å². The first-order valence-electron chi connectivity index (χ1n) is 5.95. The smallest absolute Gasteiger partial charge is 0.132 e. The van der Waals surface area contributed by atoms with E-state index in [0.717, 1.165) is 17.3 Å². The minimum atomic E-state index is 0.366. The fraction of sp³-hybridized carbons (Fsp3) is 0.500. The highest BCUT2D eigenvalue weighted by Crippen LogP contribution is 2.30. The Morgan fingerprint density at radius 1 is 1.31 bits per heavy atom. The number of Topliss-reactive ketones (excluding diaryl/α,β-unsaturated/α-hetero) is 1. The zero-order chi connectivity index (χ0) is 12.0. The molecule has 0 spiro atoms. The Bertz CT molecular complexity index is 346. The molecular weight excluding hydrogens is 264 g/mol. The van der Waals surface area contributed by atoms with Gasteiger partial charge in [0.2, 0.25) is 0 Å². The second-order valence-electron chi connectivity index (χ2n) is 4.06. The molecule has 1 aromatic rings. The van der Waals surface area contributed by atoms with E-state index < -0.39 is 0 Å². The van der Waals surface area contributed by atoms with Crippen LogP contribution >= 0.6 is 15.9 Å². The summed E-state index contributed by atoms with van der Waals surface area (Å²) in [4.78, 5) is 11.3. The number of halogens is 1. The van der Waals surface area contributed by atoms with Crippen LogP contribution in [0.4, 0.5) is 0 Å². The van der Waals surface area contributed by atoms with Gasteiger partial charge < -0.3 is 0 Å². The molecule has 16 heavy (non-hydrogen) atoms. The third kappa shape index (κ3) is 3.75. The van der Waals surface area contributed by atoms with Gasteiger partial charge >= 0.3 is 0 Å². The second-order valence-corrected chi connectivity index (χ2v) is 4.91. The van der Waals surface area contributed by atoms with Crippen LogP contribution in [0.25, 0.3) is 0 Å². The van der Waals surface area contributed by atoms with Gasteiger partial charge in [-0.3, -0.25) is 4.79 Å². The summed E-state index contributed by atoms with van der Waals surface area (Å²) in [6, 6.07) is 8.30. The van der Waals surface area contributed by atoms with Crippen molar-refractivity contribution >= 4 is 21.7 Å². The van der Waals surface area contributed by atoms with Crippen molar-refractivity contribution < 1.29 is 4.79 Å². The number of hydrogen-bond donors (Lipinski definition) is 0. The maximum Gasteiger partial charge on any atom is 0.132 e. The van der Waals surface area contributed by atoms with E-state index in [2.05, 4.69) is 41.1 Å². The van der Waals surface area contributed by atoms with Crippen LogP contribution in [-0.2, 0) is 4.79 Å². The van der Waals surface area contributed by atoms with Gasteiger partial charge in [-0.15, -0.1) is 0 Å². The molecule has 1 rings (SSSR count). The van der Waals surface area contributed by atoms with Crippen molar-refractivity contribution in [2.24, 2.45) is 0 Å². The Kier molecular flexibility index (Phi) is 5.75. The number of carbonyl (C=O) groups excluding carboxylic acids is 1. The van der Waals surface area contributed by atoms with Crippen LogP contribution in [0.3, 0.4) is 0 Å². The van der Waals surface area contributed by atoms with Crippen molar-refractivity contribution in [3.63, 3.8) is 0 Å². The molecule has 0 N–H and O–H groups in total. The molecule has 1 aromatic carbocycles. The summed E-state index contributed by atoms with van der Waals surface area (Å²) >= 11 is 3.58. The lowest BCUT2D eigenvalue weighted by Gasteiger charge is -2.16. The molecule has 1 unspecified atom stereocenters. The first-order chi connectivity index (χ1) is 7.69. The van der Waals surface area contributed by atoms with Gasteiger partial charge in [0.05, 0.1) is 0 Å². The predicted octanol–water partition coefficient (Wildman–Crippen LogP) is 4.70. The fourth-order valence-corrected chi connectivity index (χ4v) is 2.51. The topological polar surface area (TPSA) is 17.1 Å². The molecule has 0 aliphatic rings. The molecule has 0 aliphatic carbocycles. The molecule has 2 heteroatoms. The van der Waals surface area contributed by atoms with Crippen LogP contribution < -0.4 is 0 Å². The quantitative estimate of drug-likeness (QED) is 0.739. The molecule has 0 aliphatic heterocycles. The van der Waals surface area contributed by atoms with Gasteiger partial charge in [0, 0.05) is 17.3 Å². The molecule has 0 saturated heterocycles. The average molecular weight is 283 g/mol. The van der Waals surface area contributed by atoms with E-state index in [1.165, 1.54) is 5.56 Å². The minimum absolute atomic E-state index is 0.366. The Hall–Kier alpha value is -0.630. The number of ketones is 1. The van der Waals surface area contributed by atoms with Gasteiger partial charge in [0.25, 0.3) is 0 Å². The van der Waals surface area contributed by atoms with Crippen LogP contribution in [-0.4, -0.2) is 5.78 Å². The zero-order valence-electron chi connectivity index (χ0n) is 10.0. The predicted molar refractivity (Wildman–Crippen MR) is 71.7 cm³/mol. The third-order valence-electron chi connectivity index (χ3n) is 3.00. The van der Waals surface area contributed by atoms with Crippen molar-refractivity contribution in [2.75, 3.05) is 0 Å². The average Bonchev–Trinajstić information content (AvgIpc) is 2.31. The van der Waals surface area contributed by atoms with Gasteiger partial charge in [-0.25, -0.2) is 0 Å². The van der Waals surface area contributed by atoms with Gasteiger partial charge in [-0.2, -0.15) is 0 Å². The Labute approximate surface area is 106 Å². The summed E-state index contributed by atoms with van der Waals surface area (Å²) in [7, 11) is 0. The van der Waals surface area contributed by atoms with Gasteiger partial charge in [-0.05, 0) is 30.4 Å². The summed E-state index contributed by atoms with van der Waals surface area (Å²) in [5.41, 5.74) is 1.33. The van der Waals surface area contributed by atoms with Crippen LogP contribution in [0.5, 0.6) is 0 Å². The Balaban J connectivity index is 2.68. The molecule has 0 saturated carbocycles. The number of benzene rings is 1. The number of carbonyl (C=O) groups is 1. The zero-order valence-corrected chi connectivity index (χ0v) is 11.6. The van der Waals surface area contributed by atoms with Crippen LogP contribution in [0.15, 0.2) is 28.7 Å². The van der Waals surface area contributed by atoms with E-state index in [0.29, 0.717) is 24.5 Å². The monoisotopic (exact) mass is 282 g/mol. The van der Waals surface area contributed by atoms with Crippen molar-refractivity contribution in [3.8, 4) is 0 Å². The summed E-state index contributed by atoms with van der Waals surface area (Å²) in [6.07, 6.45) is 3.41. The molecule has 0 amide bonds. The lowest BCUT2D eigenvalue weighted by molar-refractivity contribution is -0.118. The van der Waals surface area contributed by atoms with Crippen molar-refractivity contribution in [1.29, 1.82) is 0 Å². The molecule has 0 heterocycles. The minimum Gasteiger partial charge on any atom is -0.300 e. The van der Waals surface area contributed by atoms with Crippen molar-refractivity contribution in [2.45, 2.75) is 45.4 Å². The van der Waals surface area contributed by atoms with E-state index in [9.17, 15) is 4.79 Å². The van der Waals surface area contributed by atoms with Gasteiger partial charge in [0.1, 0.15) is 5.78 Å². The molecule has 0 radical (unpaired) electrons. The van der Waals surface area contributed by atoms with E-state index in [1.807, 2.05) is 13.0 Å². The SMILES string of the molecule is CCC(=O)CCC(CC)c1ccccc1Br. The second kappa shape index (κ2) is 6.85. The standard InChI is InChI=1S/C14H19BrO/c1-3-11(9-10-12(16)4-2)13-7-5-6-8-14(13)15/h5-8,11H,3-4,9-10H2,1-2H3. The van der Waals surface area contributed by atoms with E-state index in [4.69, 9.17) is 0 Å². The number of rotatable bonds is 6. The van der Waals surface area contributed by atoms with Crippen molar-refractivity contribution in [3.05, 3.63) is 34.3 Å². The maximum atomic E-state index is 11.3. The maximum absolute atomic E-state index is 11.3. The summed E-state index contributed by atoms with van der Waals surface area (Å²) in [6.45, 7) is 4.11. The molecule has 0 aromatic heterocycles. The Morgan fingerprint density at radius 2 is 2.00 bits per heavy atom. The molecular formula is C14H19BrO. The highest BCUT2D eigenvalue weighted by molar-refractivity contribution is 9.10. The van der Waals surface area contributed by atoms with E-state index >= 15 is 0 Å². The molecule has 0 bridgehead atoms. The van der Waals surface area contributed by atoms with Crippen LogP contribution in [0, 0.1) is 0 Å². The van der Waals surface area contributed by atoms with Crippen molar-refractivity contribution in [1.82, 2.24) is 0 Å².